The fraction of sp³-hybridized carbons (Fsp3) is 0.104. The summed E-state index contributed by atoms with van der Waals surface area (Å²) in [7, 11) is 0. The van der Waals surface area contributed by atoms with Gasteiger partial charge in [-0.1, -0.05) is 77.4 Å². The first-order chi connectivity index (χ1) is 25.4. The van der Waals surface area contributed by atoms with Crippen LogP contribution in [-0.4, -0.2) is 19.9 Å². The largest absolute Gasteiger partial charge is 0.353 e. The lowest BCUT2D eigenvalue weighted by atomic mass is 9.85. The number of nitrogens with one attached hydrogen (secondary N) is 2. The molecule has 4 heteroatoms. The summed E-state index contributed by atoms with van der Waals surface area (Å²) in [5.74, 6) is 1.50. The van der Waals surface area contributed by atoms with Crippen LogP contribution in [0.3, 0.4) is 0 Å². The van der Waals surface area contributed by atoms with Gasteiger partial charge in [-0.2, -0.15) is 0 Å². The van der Waals surface area contributed by atoms with E-state index in [-0.39, 0.29) is 0 Å². The minimum absolute atomic E-state index is 0.370. The second-order valence-electron chi connectivity index (χ2n) is 14.1. The maximum Gasteiger partial charge on any atom is 0.136 e. The van der Waals surface area contributed by atoms with Gasteiger partial charge < -0.3 is 9.97 Å². The molecule has 6 aromatic rings. The highest BCUT2D eigenvalue weighted by Gasteiger charge is 2.27. The van der Waals surface area contributed by atoms with Gasteiger partial charge in [0.15, 0.2) is 0 Å². The summed E-state index contributed by atoms with van der Waals surface area (Å²) in [6, 6.07) is 35.0. The molecule has 2 aliphatic heterocycles. The highest BCUT2D eigenvalue weighted by molar-refractivity contribution is 6.00. The van der Waals surface area contributed by atoms with Gasteiger partial charge in [-0.15, -0.1) is 0 Å². The molecule has 3 aliphatic rings. The van der Waals surface area contributed by atoms with Crippen molar-refractivity contribution in [3.8, 4) is 33.4 Å². The van der Waals surface area contributed by atoms with Gasteiger partial charge in [0.2, 0.25) is 0 Å². The average Bonchev–Trinajstić information content (AvgIpc) is 3.99. The van der Waals surface area contributed by atoms with Crippen LogP contribution in [-0.2, 0) is 0 Å². The third kappa shape index (κ3) is 5.72. The Bertz CT molecular complexity index is 2630. The topological polar surface area (TPSA) is 57.4 Å². The Hall–Kier alpha value is -6.39. The number of nitrogens with zero attached hydrogens (tertiary/aromatic N) is 2. The van der Waals surface area contributed by atoms with Crippen molar-refractivity contribution in [2.24, 2.45) is 5.92 Å². The van der Waals surface area contributed by atoms with Crippen LogP contribution in [0.15, 0.2) is 121 Å². The maximum absolute atomic E-state index is 5.37. The lowest BCUT2D eigenvalue weighted by molar-refractivity contribution is 0.918. The minimum Gasteiger partial charge on any atom is -0.353 e. The Morgan fingerprint density at radius 3 is 1.38 bits per heavy atom. The Morgan fingerprint density at radius 1 is 0.442 bits per heavy atom. The molecule has 0 amide bonds. The van der Waals surface area contributed by atoms with E-state index in [0.29, 0.717) is 5.92 Å². The number of benzene rings is 3. The smallest absolute Gasteiger partial charge is 0.136 e. The van der Waals surface area contributed by atoms with Gasteiger partial charge in [-0.25, -0.2) is 9.97 Å². The van der Waals surface area contributed by atoms with E-state index >= 15 is 0 Å². The van der Waals surface area contributed by atoms with Gasteiger partial charge in [-0.05, 0) is 106 Å². The summed E-state index contributed by atoms with van der Waals surface area (Å²) in [5, 5.41) is 0. The highest BCUT2D eigenvalue weighted by Crippen LogP contribution is 2.41. The third-order valence-electron chi connectivity index (χ3n) is 10.2. The maximum atomic E-state index is 5.37. The number of hydrogen-bond acceptors (Lipinski definition) is 2. The number of rotatable bonds is 4. The highest BCUT2D eigenvalue weighted by atomic mass is 14.8. The molecule has 0 spiro atoms. The quantitative estimate of drug-likeness (QED) is 0.183. The van der Waals surface area contributed by atoms with Gasteiger partial charge in [0.1, 0.15) is 11.3 Å². The van der Waals surface area contributed by atoms with Crippen LogP contribution in [0.1, 0.15) is 52.0 Å². The number of allylic oxidation sites excluding steroid dienone is 4. The summed E-state index contributed by atoms with van der Waals surface area (Å²) in [4.78, 5) is 18.4. The SMILES string of the molecule is Cc1ccc(-c2c3nc(c4ccc([nH]4)c(-c4ccc(C)cc4)c([C+]4C=CC(C)C=C4)c4nc(c5ccc([nH]5)c2-c2ccc(C)cc2)C=C4)C=C3)cc1. The van der Waals surface area contributed by atoms with Gasteiger partial charge in [0.05, 0.1) is 45.1 Å². The minimum atomic E-state index is 0.370. The molecule has 0 unspecified atom stereocenters. The van der Waals surface area contributed by atoms with Crippen LogP contribution in [0.25, 0.3) is 79.8 Å². The number of aromatic amines is 2. The van der Waals surface area contributed by atoms with E-state index in [2.05, 4.69) is 183 Å². The van der Waals surface area contributed by atoms with E-state index in [1.54, 1.807) is 0 Å². The summed E-state index contributed by atoms with van der Waals surface area (Å²) < 4.78 is 0. The molecule has 3 aromatic heterocycles. The van der Waals surface area contributed by atoms with Crippen molar-refractivity contribution in [2.45, 2.75) is 27.7 Å². The predicted molar refractivity (Wildman–Crippen MR) is 219 cm³/mol. The van der Waals surface area contributed by atoms with E-state index in [4.69, 9.17) is 9.97 Å². The molecule has 9 rings (SSSR count). The Morgan fingerprint density at radius 2 is 0.846 bits per heavy atom. The van der Waals surface area contributed by atoms with Crippen LogP contribution in [0.4, 0.5) is 0 Å². The van der Waals surface area contributed by atoms with Crippen LogP contribution in [0.2, 0.25) is 0 Å². The first-order valence-corrected chi connectivity index (χ1v) is 18.0. The lowest BCUT2D eigenvalue weighted by Gasteiger charge is -2.13. The van der Waals surface area contributed by atoms with Crippen molar-refractivity contribution >= 4 is 46.4 Å². The van der Waals surface area contributed by atoms with Crippen molar-refractivity contribution < 1.29 is 0 Å². The zero-order chi connectivity index (χ0) is 35.3. The molecule has 0 saturated carbocycles. The zero-order valence-electron chi connectivity index (χ0n) is 29.8. The van der Waals surface area contributed by atoms with Gasteiger partial charge in [-0.3, -0.25) is 0 Å². The molecule has 2 N–H and O–H groups in total. The van der Waals surface area contributed by atoms with E-state index in [1.807, 2.05) is 0 Å². The van der Waals surface area contributed by atoms with Crippen LogP contribution in [0.5, 0.6) is 0 Å². The molecule has 0 fully saturated rings. The van der Waals surface area contributed by atoms with Crippen molar-refractivity contribution in [3.63, 3.8) is 0 Å². The van der Waals surface area contributed by atoms with Crippen molar-refractivity contribution in [2.75, 3.05) is 0 Å². The number of hydrogen-bond donors (Lipinski definition) is 2. The Labute approximate surface area is 304 Å². The fourth-order valence-electron chi connectivity index (χ4n) is 7.35. The van der Waals surface area contributed by atoms with E-state index in [1.165, 1.54) is 16.7 Å². The number of fused-ring (bicyclic) bond motifs is 10. The molecule has 52 heavy (non-hydrogen) atoms. The van der Waals surface area contributed by atoms with Crippen molar-refractivity contribution in [1.82, 2.24) is 19.9 Å². The fourth-order valence-corrected chi connectivity index (χ4v) is 7.35. The molecular formula is C48H39N4+. The van der Waals surface area contributed by atoms with Crippen molar-refractivity contribution in [3.05, 3.63) is 172 Å². The second kappa shape index (κ2) is 12.7. The Balaban J connectivity index is 1.45. The summed E-state index contributed by atoms with van der Waals surface area (Å²) >= 11 is 0. The summed E-state index contributed by atoms with van der Waals surface area (Å²) in [5.41, 5.74) is 18.9. The van der Waals surface area contributed by atoms with Gasteiger partial charge in [0.25, 0.3) is 0 Å². The normalized spacial score (nSPS) is 13.7. The number of aromatic nitrogens is 4. The summed E-state index contributed by atoms with van der Waals surface area (Å²) in [6.07, 6.45) is 17.6. The first kappa shape index (κ1) is 31.6. The van der Waals surface area contributed by atoms with E-state index < -0.39 is 0 Å². The van der Waals surface area contributed by atoms with Gasteiger partial charge in [0, 0.05) is 46.4 Å². The van der Waals surface area contributed by atoms with E-state index in [0.717, 1.165) is 89.7 Å². The monoisotopic (exact) mass is 671 g/mol. The van der Waals surface area contributed by atoms with Crippen LogP contribution in [0, 0.1) is 32.6 Å². The third-order valence-corrected chi connectivity index (χ3v) is 10.2. The molecule has 5 heterocycles. The molecule has 250 valence electrons. The lowest BCUT2D eigenvalue weighted by Crippen LogP contribution is -2.04. The molecule has 0 radical (unpaired) electrons. The number of aryl methyl sites for hydroxylation is 3. The average molecular weight is 672 g/mol. The van der Waals surface area contributed by atoms with Crippen LogP contribution >= 0.6 is 0 Å². The molecule has 8 bridgehead atoms. The molecule has 0 saturated heterocycles. The molecule has 0 atom stereocenters. The molecule has 1 aliphatic carbocycles. The zero-order valence-corrected chi connectivity index (χ0v) is 29.8. The predicted octanol–water partition coefficient (Wildman–Crippen LogP) is 12.3. The van der Waals surface area contributed by atoms with Crippen LogP contribution < -0.4 is 0 Å². The van der Waals surface area contributed by atoms with Gasteiger partial charge >= 0.3 is 0 Å². The van der Waals surface area contributed by atoms with E-state index in [9.17, 15) is 0 Å². The second-order valence-corrected chi connectivity index (χ2v) is 14.1. The number of H-pyrrole nitrogens is 2. The standard InChI is InChI=1S/C48H39N4/c1-29-5-13-33(14-6-29)45-41-25-21-37(49-41)38-23-27-43(51-38)47(35-17-9-31(3)10-18-35)48(36-19-11-32(4)12-20-36)44-28-24-40(52-44)39-22-26-42(50-39)46(45)34-15-7-30(2)8-16-34/h5-29,50-51H,1-4H3/q+1. The summed E-state index contributed by atoms with van der Waals surface area (Å²) in [6.45, 7) is 8.60. The van der Waals surface area contributed by atoms with Crippen molar-refractivity contribution in [1.29, 1.82) is 0 Å². The molecule has 3 aromatic carbocycles. The first-order valence-electron chi connectivity index (χ1n) is 18.0. The molecular weight excluding hydrogens is 633 g/mol. The Kier molecular flexibility index (Phi) is 7.74. The molecule has 4 nitrogen and oxygen atoms in total.